The number of rotatable bonds is 14. The summed E-state index contributed by atoms with van der Waals surface area (Å²) in [6.07, 6.45) is 3.34. The molecule has 0 amide bonds. The Morgan fingerprint density at radius 3 is 2.29 bits per heavy atom. The van der Waals surface area contributed by atoms with Crippen molar-refractivity contribution in [2.24, 2.45) is 10.9 Å². The maximum Gasteiger partial charge on any atom is 0.191 e. The minimum Gasteiger partial charge on any atom is -0.382 e. The van der Waals surface area contributed by atoms with Crippen molar-refractivity contribution in [3.05, 3.63) is 0 Å². The van der Waals surface area contributed by atoms with Gasteiger partial charge in [0.1, 0.15) is 0 Å². The van der Waals surface area contributed by atoms with E-state index in [-0.39, 0.29) is 0 Å². The highest BCUT2D eigenvalue weighted by molar-refractivity contribution is 5.79. The maximum absolute atomic E-state index is 5.47. The molecular weight excluding hydrogens is 304 g/mol. The quantitative estimate of drug-likeness (QED) is 0.287. The van der Waals surface area contributed by atoms with Gasteiger partial charge in [0.05, 0.1) is 19.8 Å². The zero-order chi connectivity index (χ0) is 18.2. The summed E-state index contributed by atoms with van der Waals surface area (Å²) >= 11 is 0. The fourth-order valence-corrected chi connectivity index (χ4v) is 2.72. The first-order valence-corrected chi connectivity index (χ1v) is 9.35. The molecule has 0 aromatic rings. The maximum atomic E-state index is 5.47. The lowest BCUT2D eigenvalue weighted by Crippen LogP contribution is -2.41. The Morgan fingerprint density at radius 1 is 1.04 bits per heavy atom. The zero-order valence-electron chi connectivity index (χ0n) is 16.7. The van der Waals surface area contributed by atoms with Gasteiger partial charge in [-0.2, -0.15) is 0 Å². The summed E-state index contributed by atoms with van der Waals surface area (Å²) in [7, 11) is 5.99. The highest BCUT2D eigenvalue weighted by atomic mass is 16.5. The van der Waals surface area contributed by atoms with Crippen LogP contribution in [0.15, 0.2) is 4.99 Å². The number of likely N-dealkylation sites (N-methyl/N-ethyl adjacent to an activating group) is 1. The number of hydrogen-bond donors (Lipinski definition) is 2. The van der Waals surface area contributed by atoms with E-state index in [4.69, 9.17) is 14.5 Å². The van der Waals surface area contributed by atoms with Crippen molar-refractivity contribution in [3.63, 3.8) is 0 Å². The highest BCUT2D eigenvalue weighted by Gasteiger charge is 2.20. The van der Waals surface area contributed by atoms with Gasteiger partial charge in [0.2, 0.25) is 0 Å². The lowest BCUT2D eigenvalue weighted by Gasteiger charge is -2.30. The third-order valence-electron chi connectivity index (χ3n) is 4.23. The first-order valence-electron chi connectivity index (χ1n) is 9.35. The SMILES string of the molecule is CCNC(=NCC(C(CC)CC)N(C)C)NCCCOCCOC. The summed E-state index contributed by atoms with van der Waals surface area (Å²) in [6.45, 7) is 11.2. The van der Waals surface area contributed by atoms with Gasteiger partial charge in [0.25, 0.3) is 0 Å². The highest BCUT2D eigenvalue weighted by Crippen LogP contribution is 2.17. The predicted molar refractivity (Wildman–Crippen MR) is 103 cm³/mol. The molecule has 0 aliphatic heterocycles. The Bertz CT molecular complexity index is 307. The summed E-state index contributed by atoms with van der Waals surface area (Å²) in [5.74, 6) is 1.58. The monoisotopic (exact) mass is 344 g/mol. The molecule has 0 saturated heterocycles. The van der Waals surface area contributed by atoms with Crippen LogP contribution in [-0.2, 0) is 9.47 Å². The van der Waals surface area contributed by atoms with E-state index in [2.05, 4.69) is 50.4 Å². The first kappa shape index (κ1) is 23.1. The van der Waals surface area contributed by atoms with Gasteiger partial charge < -0.3 is 25.0 Å². The van der Waals surface area contributed by atoms with E-state index in [1.165, 1.54) is 12.8 Å². The van der Waals surface area contributed by atoms with E-state index in [1.54, 1.807) is 7.11 Å². The van der Waals surface area contributed by atoms with Crippen LogP contribution in [0.2, 0.25) is 0 Å². The normalized spacial score (nSPS) is 13.6. The molecule has 0 spiro atoms. The van der Waals surface area contributed by atoms with Gasteiger partial charge >= 0.3 is 0 Å². The van der Waals surface area contributed by atoms with Crippen LogP contribution < -0.4 is 10.6 Å². The van der Waals surface area contributed by atoms with Crippen molar-refractivity contribution in [2.75, 3.05) is 60.7 Å². The van der Waals surface area contributed by atoms with Crippen LogP contribution in [0.25, 0.3) is 0 Å². The molecule has 0 saturated carbocycles. The fourth-order valence-electron chi connectivity index (χ4n) is 2.72. The Kier molecular flexibility index (Phi) is 15.1. The lowest BCUT2D eigenvalue weighted by atomic mass is 9.93. The van der Waals surface area contributed by atoms with Crippen LogP contribution >= 0.6 is 0 Å². The van der Waals surface area contributed by atoms with Crippen molar-refractivity contribution in [3.8, 4) is 0 Å². The molecule has 0 aromatic heterocycles. The summed E-state index contributed by atoms with van der Waals surface area (Å²) < 4.78 is 10.4. The molecular formula is C18H40N4O2. The standard InChI is InChI=1S/C18H40N4O2/c1-7-16(8-2)17(22(4)5)15-21-18(19-9-3)20-11-10-12-24-14-13-23-6/h16-17H,7-15H2,1-6H3,(H2,19,20,21). The van der Waals surface area contributed by atoms with Crippen molar-refractivity contribution in [1.29, 1.82) is 0 Å². The molecule has 144 valence electrons. The van der Waals surface area contributed by atoms with E-state index < -0.39 is 0 Å². The minimum absolute atomic E-state index is 0.479. The number of nitrogens with zero attached hydrogens (tertiary/aromatic N) is 2. The first-order chi connectivity index (χ1) is 11.6. The second-order valence-corrected chi connectivity index (χ2v) is 6.21. The average molecular weight is 345 g/mol. The van der Waals surface area contributed by atoms with Crippen LogP contribution in [0.5, 0.6) is 0 Å². The van der Waals surface area contributed by atoms with Gasteiger partial charge in [-0.15, -0.1) is 0 Å². The molecule has 0 radical (unpaired) electrons. The van der Waals surface area contributed by atoms with Crippen molar-refractivity contribution < 1.29 is 9.47 Å². The van der Waals surface area contributed by atoms with Crippen LogP contribution in [0.3, 0.4) is 0 Å². The number of nitrogens with one attached hydrogen (secondary N) is 2. The van der Waals surface area contributed by atoms with Crippen LogP contribution in [0.1, 0.15) is 40.0 Å². The number of methoxy groups -OCH3 is 1. The van der Waals surface area contributed by atoms with Crippen molar-refractivity contribution >= 4 is 5.96 Å². The van der Waals surface area contributed by atoms with Gasteiger partial charge in [-0.05, 0) is 33.4 Å². The minimum atomic E-state index is 0.479. The van der Waals surface area contributed by atoms with Crippen LogP contribution in [-0.4, -0.2) is 77.6 Å². The molecule has 0 fully saturated rings. The molecule has 6 nitrogen and oxygen atoms in total. The molecule has 0 heterocycles. The fraction of sp³-hybridized carbons (Fsp3) is 0.944. The van der Waals surface area contributed by atoms with Gasteiger partial charge in [-0.25, -0.2) is 0 Å². The van der Waals surface area contributed by atoms with E-state index in [0.717, 1.165) is 38.6 Å². The summed E-state index contributed by atoms with van der Waals surface area (Å²) in [5.41, 5.74) is 0. The summed E-state index contributed by atoms with van der Waals surface area (Å²) in [4.78, 5) is 7.09. The van der Waals surface area contributed by atoms with Gasteiger partial charge in [0.15, 0.2) is 5.96 Å². The summed E-state index contributed by atoms with van der Waals surface area (Å²) in [5, 5.41) is 6.71. The van der Waals surface area contributed by atoms with Gasteiger partial charge in [-0.1, -0.05) is 26.7 Å². The van der Waals surface area contributed by atoms with E-state index >= 15 is 0 Å². The average Bonchev–Trinajstić information content (AvgIpc) is 2.57. The smallest absolute Gasteiger partial charge is 0.191 e. The zero-order valence-corrected chi connectivity index (χ0v) is 16.7. The second kappa shape index (κ2) is 15.7. The molecule has 6 heteroatoms. The number of hydrogen-bond acceptors (Lipinski definition) is 4. The third-order valence-corrected chi connectivity index (χ3v) is 4.23. The van der Waals surface area contributed by atoms with Crippen LogP contribution in [0, 0.1) is 5.92 Å². The van der Waals surface area contributed by atoms with E-state index in [1.807, 2.05) is 0 Å². The molecule has 0 rings (SSSR count). The van der Waals surface area contributed by atoms with Crippen LogP contribution in [0.4, 0.5) is 0 Å². The second-order valence-electron chi connectivity index (χ2n) is 6.21. The Balaban J connectivity index is 4.33. The topological polar surface area (TPSA) is 58.1 Å². The molecule has 0 aromatic carbocycles. The van der Waals surface area contributed by atoms with E-state index in [9.17, 15) is 0 Å². The number of guanidine groups is 1. The van der Waals surface area contributed by atoms with Gasteiger partial charge in [-0.3, -0.25) is 4.99 Å². The molecule has 24 heavy (non-hydrogen) atoms. The molecule has 0 bridgehead atoms. The Labute approximate surface area is 149 Å². The Morgan fingerprint density at radius 2 is 1.75 bits per heavy atom. The Hall–Kier alpha value is -0.850. The van der Waals surface area contributed by atoms with E-state index in [0.29, 0.717) is 25.2 Å². The lowest BCUT2D eigenvalue weighted by molar-refractivity contribution is 0.0698. The third kappa shape index (κ3) is 10.8. The van der Waals surface area contributed by atoms with Gasteiger partial charge in [0, 0.05) is 32.8 Å². The molecule has 1 atom stereocenters. The molecule has 0 aliphatic rings. The summed E-state index contributed by atoms with van der Waals surface area (Å²) in [6, 6.07) is 0.479. The number of aliphatic imine (C=N–C) groups is 1. The predicted octanol–water partition coefficient (Wildman–Crippen LogP) is 1.96. The molecule has 0 aliphatic carbocycles. The van der Waals surface area contributed by atoms with Crippen molar-refractivity contribution in [1.82, 2.24) is 15.5 Å². The molecule has 2 N–H and O–H groups in total. The molecule has 1 unspecified atom stereocenters. The largest absolute Gasteiger partial charge is 0.382 e. The number of ether oxygens (including phenoxy) is 2. The van der Waals surface area contributed by atoms with Crippen molar-refractivity contribution in [2.45, 2.75) is 46.1 Å².